The van der Waals surface area contributed by atoms with E-state index in [9.17, 15) is 17.6 Å². The van der Waals surface area contributed by atoms with Crippen LogP contribution in [0.5, 0.6) is 11.8 Å². The van der Waals surface area contributed by atoms with Gasteiger partial charge in [-0.25, -0.2) is 9.07 Å². The smallest absolute Gasteiger partial charge is 0.416 e. The number of ether oxygens (including phenoxy) is 1. The van der Waals surface area contributed by atoms with E-state index in [0.717, 1.165) is 36.7 Å². The van der Waals surface area contributed by atoms with Crippen molar-refractivity contribution in [3.8, 4) is 11.8 Å². The summed E-state index contributed by atoms with van der Waals surface area (Å²) >= 11 is 4.51. The van der Waals surface area contributed by atoms with Crippen molar-refractivity contribution >= 4 is 24.3 Å². The van der Waals surface area contributed by atoms with Gasteiger partial charge in [-0.15, -0.1) is 17.7 Å². The number of aromatic nitrogens is 3. The summed E-state index contributed by atoms with van der Waals surface area (Å²) in [5.74, 6) is -0.372. The molecule has 1 saturated carbocycles. The van der Waals surface area contributed by atoms with Crippen molar-refractivity contribution in [2.75, 3.05) is 18.4 Å². The number of hydrogen-bond acceptors (Lipinski definition) is 7. The number of thiol groups is 1. The molecule has 184 valence electrons. The quantitative estimate of drug-likeness (QED) is 0.272. The Kier molecular flexibility index (Phi) is 6.54. The minimum Gasteiger partial charge on any atom is -0.424 e. The Morgan fingerprint density at radius 2 is 1.94 bits per heavy atom. The molecule has 0 radical (unpaired) electrons. The molecule has 2 bridgehead atoms. The van der Waals surface area contributed by atoms with E-state index in [1.165, 1.54) is 4.68 Å². The number of benzene rings is 1. The lowest BCUT2D eigenvalue weighted by Gasteiger charge is -2.54. The van der Waals surface area contributed by atoms with Crippen LogP contribution < -0.4 is 10.1 Å². The third-order valence-corrected chi connectivity index (χ3v) is 6.41. The molecule has 3 fully saturated rings. The third kappa shape index (κ3) is 5.16. The molecule has 1 aromatic carbocycles. The fraction of sp³-hybridized carbons (Fsp3) is 0.500. The first-order valence-electron chi connectivity index (χ1n) is 10.9. The zero-order chi connectivity index (χ0) is 24.8. The first kappa shape index (κ1) is 24.4. The van der Waals surface area contributed by atoms with E-state index >= 15 is 0 Å². The van der Waals surface area contributed by atoms with Crippen LogP contribution in [0.4, 0.5) is 23.5 Å². The summed E-state index contributed by atoms with van der Waals surface area (Å²) in [6, 6.07) is 1.96. The van der Waals surface area contributed by atoms with E-state index in [2.05, 4.69) is 32.9 Å². The van der Waals surface area contributed by atoms with E-state index in [4.69, 9.17) is 10.1 Å². The van der Waals surface area contributed by atoms with Crippen LogP contribution in [0.15, 0.2) is 29.3 Å². The van der Waals surface area contributed by atoms with Crippen LogP contribution in [0.1, 0.15) is 38.8 Å². The standard InChI is InChI=1S/C22H26F4N6OS/c1-11(2)32-21(33-17-7-15(22(24,25)26)6-16(23)8-17)29-20(30-32)28-19-13-5-14(19)10-31(9-13)18(34)4-12(3)27/h4,6-8,11,13-14,19,27,34H,5,9-10H2,1-3H3,(H,28,30)/b18-4-,27-12?/t13-,14?,19-/m0/s1. The first-order valence-corrected chi connectivity index (χ1v) is 11.3. The van der Waals surface area contributed by atoms with Gasteiger partial charge in [0.25, 0.3) is 0 Å². The number of halogens is 4. The molecule has 34 heavy (non-hydrogen) atoms. The number of alkyl halides is 3. The van der Waals surface area contributed by atoms with Crippen molar-refractivity contribution in [2.45, 2.75) is 45.5 Å². The third-order valence-electron chi connectivity index (χ3n) is 5.99. The maximum absolute atomic E-state index is 13.8. The highest BCUT2D eigenvalue weighted by Crippen LogP contribution is 2.43. The van der Waals surface area contributed by atoms with Gasteiger partial charge in [-0.3, -0.25) is 0 Å². The van der Waals surface area contributed by atoms with E-state index in [1.54, 1.807) is 13.0 Å². The number of rotatable bonds is 7. The molecule has 3 heterocycles. The van der Waals surface area contributed by atoms with Gasteiger partial charge in [0, 0.05) is 30.9 Å². The van der Waals surface area contributed by atoms with Gasteiger partial charge in [0.05, 0.1) is 16.6 Å². The molecule has 7 nitrogen and oxygen atoms in total. The lowest BCUT2D eigenvalue weighted by molar-refractivity contribution is -0.137. The minimum absolute atomic E-state index is 0.0237. The summed E-state index contributed by atoms with van der Waals surface area (Å²) in [7, 11) is 0. The SMILES string of the molecule is CC(=N)/C=C(\S)N1CC2C[C@@H](C1)[C@@H]2Nc1nc(Oc2cc(F)cc(C(F)(F)F)c2)n(C(C)C)n1. The van der Waals surface area contributed by atoms with Crippen LogP contribution in [0.3, 0.4) is 0 Å². The summed E-state index contributed by atoms with van der Waals surface area (Å²) in [6.07, 6.45) is -1.92. The highest BCUT2D eigenvalue weighted by Gasteiger charge is 2.47. The predicted molar refractivity (Wildman–Crippen MR) is 123 cm³/mol. The summed E-state index contributed by atoms with van der Waals surface area (Å²) in [5, 5.41) is 16.1. The van der Waals surface area contributed by atoms with Gasteiger partial charge < -0.3 is 20.4 Å². The Bertz CT molecular complexity index is 1100. The summed E-state index contributed by atoms with van der Waals surface area (Å²) < 4.78 is 59.9. The molecular formula is C22H26F4N6OS. The molecule has 0 spiro atoms. The van der Waals surface area contributed by atoms with Crippen LogP contribution in [0.25, 0.3) is 0 Å². The summed E-state index contributed by atoms with van der Waals surface area (Å²) in [6.45, 7) is 6.94. The summed E-state index contributed by atoms with van der Waals surface area (Å²) in [4.78, 5) is 6.49. The molecule has 1 aromatic heterocycles. The number of hydrogen-bond donors (Lipinski definition) is 3. The molecule has 2 saturated heterocycles. The molecule has 12 heteroatoms. The Morgan fingerprint density at radius 1 is 1.26 bits per heavy atom. The zero-order valence-electron chi connectivity index (χ0n) is 18.9. The molecule has 0 amide bonds. The van der Waals surface area contributed by atoms with Crippen LogP contribution >= 0.6 is 12.6 Å². The van der Waals surface area contributed by atoms with Gasteiger partial charge in [0.15, 0.2) is 0 Å². The van der Waals surface area contributed by atoms with Crippen molar-refractivity contribution in [3.05, 3.63) is 40.7 Å². The van der Waals surface area contributed by atoms with Crippen molar-refractivity contribution in [1.82, 2.24) is 19.7 Å². The van der Waals surface area contributed by atoms with E-state index < -0.39 is 17.6 Å². The van der Waals surface area contributed by atoms with Crippen LogP contribution in [0, 0.1) is 23.1 Å². The van der Waals surface area contributed by atoms with Gasteiger partial charge in [0.1, 0.15) is 11.6 Å². The monoisotopic (exact) mass is 498 g/mol. The molecule has 2 aliphatic heterocycles. The normalized spacial score (nSPS) is 22.6. The molecule has 2 N–H and O–H groups in total. The maximum atomic E-state index is 13.8. The molecule has 3 aliphatic rings. The number of nitrogens with zero attached hydrogens (tertiary/aromatic N) is 4. The maximum Gasteiger partial charge on any atom is 0.416 e. The number of nitrogens with one attached hydrogen (secondary N) is 2. The molecule has 1 aliphatic carbocycles. The predicted octanol–water partition coefficient (Wildman–Crippen LogP) is 5.35. The van der Waals surface area contributed by atoms with Gasteiger partial charge >= 0.3 is 12.2 Å². The summed E-state index contributed by atoms with van der Waals surface area (Å²) in [5.41, 5.74) is -0.699. The Morgan fingerprint density at radius 3 is 2.53 bits per heavy atom. The number of anilines is 1. The van der Waals surface area contributed by atoms with Gasteiger partial charge in [-0.05, 0) is 57.2 Å². The second kappa shape index (κ2) is 9.12. The average Bonchev–Trinajstić information content (AvgIpc) is 3.13. The van der Waals surface area contributed by atoms with Gasteiger partial charge in [-0.1, -0.05) is 0 Å². The first-order chi connectivity index (χ1) is 15.9. The fourth-order valence-corrected chi connectivity index (χ4v) is 4.77. The number of allylic oxidation sites excluding steroid dienone is 1. The lowest BCUT2D eigenvalue weighted by atomic mass is 9.66. The van der Waals surface area contributed by atoms with Crippen molar-refractivity contribution in [2.24, 2.45) is 11.8 Å². The van der Waals surface area contributed by atoms with Gasteiger partial charge in [-0.2, -0.15) is 18.2 Å². The van der Waals surface area contributed by atoms with Gasteiger partial charge in [0.2, 0.25) is 5.95 Å². The van der Waals surface area contributed by atoms with Crippen LogP contribution in [-0.4, -0.2) is 44.5 Å². The topological polar surface area (TPSA) is 79.1 Å². The molecule has 3 atom stereocenters. The Labute approximate surface area is 200 Å². The number of fused-ring (bicyclic) bond motifs is 2. The highest BCUT2D eigenvalue weighted by molar-refractivity contribution is 7.84. The average molecular weight is 499 g/mol. The van der Waals surface area contributed by atoms with Crippen LogP contribution in [-0.2, 0) is 6.18 Å². The minimum atomic E-state index is -4.70. The molecule has 1 unspecified atom stereocenters. The Hall–Kier alpha value is -2.76. The van der Waals surface area contributed by atoms with Crippen molar-refractivity contribution < 1.29 is 22.3 Å². The van der Waals surface area contributed by atoms with Crippen molar-refractivity contribution in [1.29, 1.82) is 5.41 Å². The highest BCUT2D eigenvalue weighted by atomic mass is 32.1. The molecular weight excluding hydrogens is 472 g/mol. The lowest BCUT2D eigenvalue weighted by Crippen LogP contribution is -2.60. The fourth-order valence-electron chi connectivity index (χ4n) is 4.41. The Balaban J connectivity index is 1.49. The van der Waals surface area contributed by atoms with E-state index in [0.29, 0.717) is 29.6 Å². The van der Waals surface area contributed by atoms with Crippen LogP contribution in [0.2, 0.25) is 0 Å². The second-order valence-electron chi connectivity index (χ2n) is 9.05. The molecule has 5 rings (SSSR count). The van der Waals surface area contributed by atoms with Crippen molar-refractivity contribution in [3.63, 3.8) is 0 Å². The molecule has 2 aromatic rings. The largest absolute Gasteiger partial charge is 0.424 e. The van der Waals surface area contributed by atoms with E-state index in [1.807, 2.05) is 13.8 Å². The van der Waals surface area contributed by atoms with E-state index in [-0.39, 0.29) is 23.8 Å². The second-order valence-corrected chi connectivity index (χ2v) is 9.51. The zero-order valence-corrected chi connectivity index (χ0v) is 19.8. The number of piperidine rings is 2.